The molecule has 3 N–H and O–H groups in total. The lowest BCUT2D eigenvalue weighted by atomic mass is 10.1. The number of hydrogen-bond donors (Lipinski definition) is 3. The standard InChI is InChI=1S/C23H30N4O2/c1-4-13-29-21-10-9-17(14-22(21)28-3)15-27-23(24-2)25-12-11-18-16-26-20-8-6-5-7-19(18)20/h5-10,14,16,26H,4,11-13,15H2,1-3H3,(H2,24,25,27). The van der Waals surface area contributed by atoms with E-state index in [1.165, 1.54) is 16.5 Å². The van der Waals surface area contributed by atoms with Gasteiger partial charge in [-0.25, -0.2) is 0 Å². The second-order valence-corrected chi connectivity index (χ2v) is 6.80. The van der Waals surface area contributed by atoms with Gasteiger partial charge in [-0.3, -0.25) is 4.99 Å². The van der Waals surface area contributed by atoms with E-state index in [9.17, 15) is 0 Å². The molecule has 2 aromatic carbocycles. The van der Waals surface area contributed by atoms with Crippen LogP contribution < -0.4 is 20.1 Å². The first-order chi connectivity index (χ1) is 14.2. The minimum atomic E-state index is 0.650. The molecule has 3 aromatic rings. The SMILES string of the molecule is CCCOc1ccc(CNC(=NC)NCCc2c[nH]c3ccccc23)cc1OC. The summed E-state index contributed by atoms with van der Waals surface area (Å²) >= 11 is 0. The van der Waals surface area contributed by atoms with Crippen LogP contribution in [0.3, 0.4) is 0 Å². The Morgan fingerprint density at radius 2 is 1.97 bits per heavy atom. The molecule has 154 valence electrons. The fourth-order valence-electron chi connectivity index (χ4n) is 3.21. The smallest absolute Gasteiger partial charge is 0.191 e. The summed E-state index contributed by atoms with van der Waals surface area (Å²) in [6.45, 7) is 4.22. The van der Waals surface area contributed by atoms with Gasteiger partial charge in [0.15, 0.2) is 17.5 Å². The van der Waals surface area contributed by atoms with Gasteiger partial charge in [-0.1, -0.05) is 31.2 Å². The zero-order chi connectivity index (χ0) is 20.5. The van der Waals surface area contributed by atoms with Gasteiger partial charge < -0.3 is 25.1 Å². The summed E-state index contributed by atoms with van der Waals surface area (Å²) in [5.41, 5.74) is 3.58. The van der Waals surface area contributed by atoms with Crippen LogP contribution in [-0.2, 0) is 13.0 Å². The molecule has 0 aliphatic rings. The minimum absolute atomic E-state index is 0.650. The number of aromatic amines is 1. The Balaban J connectivity index is 1.51. The topological polar surface area (TPSA) is 70.7 Å². The molecule has 6 nitrogen and oxygen atoms in total. The summed E-state index contributed by atoms with van der Waals surface area (Å²) in [7, 11) is 3.44. The molecule has 0 saturated heterocycles. The highest BCUT2D eigenvalue weighted by atomic mass is 16.5. The van der Waals surface area contributed by atoms with E-state index in [2.05, 4.69) is 51.9 Å². The lowest BCUT2D eigenvalue weighted by Gasteiger charge is -2.14. The summed E-state index contributed by atoms with van der Waals surface area (Å²) in [6.07, 6.45) is 3.96. The van der Waals surface area contributed by atoms with E-state index in [4.69, 9.17) is 9.47 Å². The van der Waals surface area contributed by atoms with E-state index in [0.717, 1.165) is 42.4 Å². The minimum Gasteiger partial charge on any atom is -0.493 e. The molecule has 0 spiro atoms. The number of methoxy groups -OCH3 is 1. The number of fused-ring (bicyclic) bond motifs is 1. The Labute approximate surface area is 172 Å². The molecule has 0 aliphatic carbocycles. The predicted octanol–water partition coefficient (Wildman–Crippen LogP) is 3.87. The number of ether oxygens (including phenoxy) is 2. The van der Waals surface area contributed by atoms with Crippen molar-refractivity contribution in [3.05, 3.63) is 59.8 Å². The number of guanidine groups is 1. The van der Waals surface area contributed by atoms with Crippen LogP contribution in [0.2, 0.25) is 0 Å². The largest absolute Gasteiger partial charge is 0.493 e. The van der Waals surface area contributed by atoms with Crippen LogP contribution in [0.5, 0.6) is 11.5 Å². The van der Waals surface area contributed by atoms with E-state index < -0.39 is 0 Å². The fourth-order valence-corrected chi connectivity index (χ4v) is 3.21. The zero-order valence-corrected chi connectivity index (χ0v) is 17.4. The van der Waals surface area contributed by atoms with Crippen molar-refractivity contribution in [1.29, 1.82) is 0 Å². The number of hydrogen-bond acceptors (Lipinski definition) is 3. The van der Waals surface area contributed by atoms with Gasteiger partial charge in [-0.15, -0.1) is 0 Å². The Hall–Kier alpha value is -3.15. The predicted molar refractivity (Wildman–Crippen MR) is 119 cm³/mol. The lowest BCUT2D eigenvalue weighted by molar-refractivity contribution is 0.294. The lowest BCUT2D eigenvalue weighted by Crippen LogP contribution is -2.37. The molecule has 1 aromatic heterocycles. The van der Waals surface area contributed by atoms with E-state index >= 15 is 0 Å². The summed E-state index contributed by atoms with van der Waals surface area (Å²) in [5.74, 6) is 2.30. The normalized spacial score (nSPS) is 11.5. The molecular formula is C23H30N4O2. The van der Waals surface area contributed by atoms with Crippen molar-refractivity contribution in [2.24, 2.45) is 4.99 Å². The van der Waals surface area contributed by atoms with Gasteiger partial charge in [0.1, 0.15) is 0 Å². The first-order valence-corrected chi connectivity index (χ1v) is 10.0. The number of aliphatic imine (C=N–C) groups is 1. The number of rotatable bonds is 9. The average Bonchev–Trinajstić information content (AvgIpc) is 3.18. The van der Waals surface area contributed by atoms with Crippen molar-refractivity contribution < 1.29 is 9.47 Å². The van der Waals surface area contributed by atoms with Crippen LogP contribution in [0.15, 0.2) is 53.7 Å². The molecule has 0 amide bonds. The van der Waals surface area contributed by atoms with Crippen LogP contribution in [0.4, 0.5) is 0 Å². The second-order valence-electron chi connectivity index (χ2n) is 6.80. The summed E-state index contributed by atoms with van der Waals surface area (Å²) in [6, 6.07) is 14.4. The number of benzene rings is 2. The van der Waals surface area contributed by atoms with Gasteiger partial charge in [0, 0.05) is 37.2 Å². The number of nitrogens with zero attached hydrogens (tertiary/aromatic N) is 1. The van der Waals surface area contributed by atoms with E-state index in [-0.39, 0.29) is 0 Å². The van der Waals surface area contributed by atoms with Crippen LogP contribution >= 0.6 is 0 Å². The third-order valence-corrected chi connectivity index (χ3v) is 4.73. The maximum atomic E-state index is 5.71. The molecular weight excluding hydrogens is 364 g/mol. The van der Waals surface area contributed by atoms with E-state index in [1.54, 1.807) is 14.2 Å². The average molecular weight is 395 g/mol. The molecule has 0 aliphatic heterocycles. The monoisotopic (exact) mass is 394 g/mol. The van der Waals surface area contributed by atoms with E-state index in [0.29, 0.717) is 13.2 Å². The zero-order valence-electron chi connectivity index (χ0n) is 17.4. The van der Waals surface area contributed by atoms with Crippen LogP contribution in [-0.4, -0.2) is 38.3 Å². The summed E-state index contributed by atoms with van der Waals surface area (Å²) in [4.78, 5) is 7.63. The van der Waals surface area contributed by atoms with Gasteiger partial charge in [0.05, 0.1) is 13.7 Å². The Bertz CT molecular complexity index is 949. The van der Waals surface area contributed by atoms with Crippen molar-refractivity contribution in [1.82, 2.24) is 15.6 Å². The van der Waals surface area contributed by atoms with Crippen LogP contribution in [0.25, 0.3) is 10.9 Å². The highest BCUT2D eigenvalue weighted by Crippen LogP contribution is 2.28. The molecule has 1 heterocycles. The van der Waals surface area contributed by atoms with Crippen molar-refractivity contribution in [2.45, 2.75) is 26.3 Å². The van der Waals surface area contributed by atoms with Gasteiger partial charge in [0.25, 0.3) is 0 Å². The summed E-state index contributed by atoms with van der Waals surface area (Å²) in [5, 5.41) is 8.00. The highest BCUT2D eigenvalue weighted by Gasteiger charge is 2.07. The van der Waals surface area contributed by atoms with Crippen molar-refractivity contribution >= 4 is 16.9 Å². The van der Waals surface area contributed by atoms with Crippen molar-refractivity contribution in [3.63, 3.8) is 0 Å². The molecule has 0 atom stereocenters. The van der Waals surface area contributed by atoms with E-state index in [1.807, 2.05) is 24.3 Å². The van der Waals surface area contributed by atoms with Gasteiger partial charge in [-0.2, -0.15) is 0 Å². The van der Waals surface area contributed by atoms with Gasteiger partial charge >= 0.3 is 0 Å². The van der Waals surface area contributed by atoms with Crippen molar-refractivity contribution in [3.8, 4) is 11.5 Å². The van der Waals surface area contributed by atoms with Crippen LogP contribution in [0, 0.1) is 0 Å². The highest BCUT2D eigenvalue weighted by molar-refractivity contribution is 5.83. The third-order valence-electron chi connectivity index (χ3n) is 4.73. The maximum absolute atomic E-state index is 5.71. The molecule has 29 heavy (non-hydrogen) atoms. The molecule has 0 fully saturated rings. The molecule has 0 unspecified atom stereocenters. The van der Waals surface area contributed by atoms with Crippen molar-refractivity contribution in [2.75, 3.05) is 27.3 Å². The second kappa shape index (κ2) is 10.4. The number of nitrogens with one attached hydrogen (secondary N) is 3. The molecule has 0 bridgehead atoms. The first-order valence-electron chi connectivity index (χ1n) is 10.0. The molecule has 6 heteroatoms. The molecule has 0 saturated carbocycles. The molecule has 3 rings (SSSR count). The summed E-state index contributed by atoms with van der Waals surface area (Å²) < 4.78 is 11.2. The Morgan fingerprint density at radius 1 is 1.10 bits per heavy atom. The van der Waals surface area contributed by atoms with Gasteiger partial charge in [0.2, 0.25) is 0 Å². The van der Waals surface area contributed by atoms with Crippen LogP contribution in [0.1, 0.15) is 24.5 Å². The third kappa shape index (κ3) is 5.44. The Kier molecular flexibility index (Phi) is 7.39. The molecule has 0 radical (unpaired) electrons. The number of aromatic nitrogens is 1. The first kappa shape index (κ1) is 20.6. The number of para-hydroxylation sites is 1. The fraction of sp³-hybridized carbons (Fsp3) is 0.348. The number of H-pyrrole nitrogens is 1. The Morgan fingerprint density at radius 3 is 2.76 bits per heavy atom. The quantitative estimate of drug-likeness (QED) is 0.381. The van der Waals surface area contributed by atoms with Gasteiger partial charge in [-0.05, 0) is 42.2 Å². The maximum Gasteiger partial charge on any atom is 0.191 e.